The molecule has 4 rings (SSSR count). The minimum atomic E-state index is -0.440. The smallest absolute Gasteiger partial charge is 0.332 e. The van der Waals surface area contributed by atoms with Gasteiger partial charge in [-0.1, -0.05) is 18.2 Å². The molecule has 126 valence electrons. The Labute approximate surface area is 144 Å². The van der Waals surface area contributed by atoms with Crippen molar-refractivity contribution in [1.29, 1.82) is 0 Å². The summed E-state index contributed by atoms with van der Waals surface area (Å²) in [6.45, 7) is 0. The maximum absolute atomic E-state index is 12.2. The lowest BCUT2D eigenvalue weighted by molar-refractivity contribution is 0.465. The summed E-state index contributed by atoms with van der Waals surface area (Å²) in [6, 6.07) is 9.38. The van der Waals surface area contributed by atoms with Crippen LogP contribution in [-0.2, 0) is 14.1 Å². The van der Waals surface area contributed by atoms with E-state index >= 15 is 0 Å². The summed E-state index contributed by atoms with van der Waals surface area (Å²) in [5.41, 5.74) is 0.452. The summed E-state index contributed by atoms with van der Waals surface area (Å²) in [6.07, 6.45) is 0. The molecule has 0 amide bonds. The molecule has 0 aliphatic carbocycles. The van der Waals surface area contributed by atoms with Gasteiger partial charge < -0.3 is 9.40 Å². The molecule has 0 aliphatic rings. The van der Waals surface area contributed by atoms with Crippen molar-refractivity contribution >= 4 is 22.9 Å². The van der Waals surface area contributed by atoms with E-state index in [-0.39, 0.29) is 16.4 Å². The first-order chi connectivity index (χ1) is 12.0. The predicted octanol–water partition coefficient (Wildman–Crippen LogP) is 1.16. The van der Waals surface area contributed by atoms with Gasteiger partial charge in [0.25, 0.3) is 10.8 Å². The number of aryl methyl sites for hydroxylation is 1. The monoisotopic (exact) mass is 356 g/mol. The third kappa shape index (κ3) is 2.56. The highest BCUT2D eigenvalue weighted by Gasteiger charge is 2.16. The summed E-state index contributed by atoms with van der Waals surface area (Å²) < 4.78 is 7.94. The standard InChI is InChI=1S/C15H12N6O3S/c1-20-10-9(12(22)21(2)15(20)23)16-13(17-10)25-14-19-18-11(24-14)8-6-4-3-5-7-8/h3-7H,1-2H3,(H,16,17). The van der Waals surface area contributed by atoms with Gasteiger partial charge in [0.05, 0.1) is 0 Å². The highest BCUT2D eigenvalue weighted by atomic mass is 32.2. The number of nitrogens with zero attached hydrogens (tertiary/aromatic N) is 5. The van der Waals surface area contributed by atoms with Crippen LogP contribution in [0.15, 0.2) is 54.7 Å². The first-order valence-corrected chi connectivity index (χ1v) is 8.09. The van der Waals surface area contributed by atoms with Crippen molar-refractivity contribution in [2.24, 2.45) is 14.1 Å². The average Bonchev–Trinajstić information content (AvgIpc) is 3.26. The molecule has 0 saturated heterocycles. The van der Waals surface area contributed by atoms with Crippen LogP contribution in [0.5, 0.6) is 0 Å². The molecule has 1 aromatic carbocycles. The molecule has 0 saturated carbocycles. The fourth-order valence-corrected chi connectivity index (χ4v) is 3.04. The van der Waals surface area contributed by atoms with E-state index in [1.807, 2.05) is 30.3 Å². The van der Waals surface area contributed by atoms with Crippen LogP contribution < -0.4 is 11.2 Å². The van der Waals surface area contributed by atoms with Gasteiger partial charge in [-0.25, -0.2) is 9.78 Å². The van der Waals surface area contributed by atoms with Crippen LogP contribution in [0.25, 0.3) is 22.6 Å². The van der Waals surface area contributed by atoms with Gasteiger partial charge in [0.1, 0.15) is 0 Å². The molecule has 10 heteroatoms. The number of benzene rings is 1. The highest BCUT2D eigenvalue weighted by Crippen LogP contribution is 2.27. The van der Waals surface area contributed by atoms with Gasteiger partial charge >= 0.3 is 5.69 Å². The number of fused-ring (bicyclic) bond motifs is 1. The molecular formula is C15H12N6O3S. The Hall–Kier alpha value is -3.14. The third-order valence-electron chi connectivity index (χ3n) is 3.68. The van der Waals surface area contributed by atoms with Gasteiger partial charge in [-0.15, -0.1) is 10.2 Å². The summed E-state index contributed by atoms with van der Waals surface area (Å²) in [5, 5.41) is 8.64. The van der Waals surface area contributed by atoms with Gasteiger partial charge in [-0.05, 0) is 12.1 Å². The number of hydrogen-bond acceptors (Lipinski definition) is 7. The number of hydrogen-bond donors (Lipinski definition) is 1. The topological polar surface area (TPSA) is 112 Å². The lowest BCUT2D eigenvalue weighted by Crippen LogP contribution is -2.36. The fourth-order valence-electron chi connectivity index (χ4n) is 2.38. The van der Waals surface area contributed by atoms with E-state index in [0.717, 1.165) is 21.9 Å². The van der Waals surface area contributed by atoms with Crippen LogP contribution >= 0.6 is 11.8 Å². The van der Waals surface area contributed by atoms with Crippen LogP contribution in [-0.4, -0.2) is 29.3 Å². The van der Waals surface area contributed by atoms with Crippen LogP contribution in [0.2, 0.25) is 0 Å². The van der Waals surface area contributed by atoms with E-state index in [1.54, 1.807) is 7.05 Å². The maximum atomic E-state index is 12.2. The zero-order valence-electron chi connectivity index (χ0n) is 13.3. The number of aromatic nitrogens is 6. The minimum Gasteiger partial charge on any atom is -0.411 e. The molecule has 3 aromatic heterocycles. The minimum absolute atomic E-state index is 0.245. The number of imidazole rings is 1. The number of rotatable bonds is 3. The first kappa shape index (κ1) is 15.4. The fraction of sp³-hybridized carbons (Fsp3) is 0.133. The normalized spacial score (nSPS) is 11.3. The van der Waals surface area contributed by atoms with E-state index in [1.165, 1.54) is 11.6 Å². The molecule has 4 aromatic rings. The molecule has 0 atom stereocenters. The second kappa shape index (κ2) is 5.74. The van der Waals surface area contributed by atoms with E-state index < -0.39 is 11.2 Å². The summed E-state index contributed by atoms with van der Waals surface area (Å²) >= 11 is 1.09. The Kier molecular flexibility index (Phi) is 3.53. The Morgan fingerprint density at radius 2 is 1.84 bits per heavy atom. The SMILES string of the molecule is Cn1c(=O)c2[nH]c(Sc3nnc(-c4ccccc4)o3)nc2n(C)c1=O. The second-order valence-corrected chi connectivity index (χ2v) is 6.23. The molecule has 0 bridgehead atoms. The number of nitrogens with one attached hydrogen (secondary N) is 1. The van der Waals surface area contributed by atoms with Crippen molar-refractivity contribution in [3.05, 3.63) is 51.2 Å². The van der Waals surface area contributed by atoms with Crippen molar-refractivity contribution in [2.45, 2.75) is 10.4 Å². The lowest BCUT2D eigenvalue weighted by atomic mass is 10.2. The molecule has 0 aliphatic heterocycles. The van der Waals surface area contributed by atoms with Crippen molar-refractivity contribution in [3.63, 3.8) is 0 Å². The molecule has 0 spiro atoms. The van der Waals surface area contributed by atoms with Crippen LogP contribution in [0, 0.1) is 0 Å². The van der Waals surface area contributed by atoms with Gasteiger partial charge in [-0.3, -0.25) is 13.9 Å². The van der Waals surface area contributed by atoms with Crippen molar-refractivity contribution < 1.29 is 4.42 Å². The summed E-state index contributed by atoms with van der Waals surface area (Å²) in [4.78, 5) is 31.3. The second-order valence-electron chi connectivity index (χ2n) is 5.29. The molecule has 3 heterocycles. The summed E-state index contributed by atoms with van der Waals surface area (Å²) in [5.74, 6) is 0.391. The molecule has 0 unspecified atom stereocenters. The molecule has 0 radical (unpaired) electrons. The Balaban J connectivity index is 1.72. The zero-order chi connectivity index (χ0) is 17.6. The van der Waals surface area contributed by atoms with Crippen molar-refractivity contribution in [2.75, 3.05) is 0 Å². The van der Waals surface area contributed by atoms with Crippen LogP contribution in [0.3, 0.4) is 0 Å². The highest BCUT2D eigenvalue weighted by molar-refractivity contribution is 7.98. The number of H-pyrrole nitrogens is 1. The molecule has 9 nitrogen and oxygen atoms in total. The average molecular weight is 356 g/mol. The molecular weight excluding hydrogens is 344 g/mol. The maximum Gasteiger partial charge on any atom is 0.332 e. The van der Waals surface area contributed by atoms with Gasteiger partial charge in [-0.2, -0.15) is 0 Å². The Bertz CT molecular complexity index is 1190. The van der Waals surface area contributed by atoms with Gasteiger partial charge in [0.2, 0.25) is 5.89 Å². The van der Waals surface area contributed by atoms with E-state index in [4.69, 9.17) is 4.42 Å². The third-order valence-corrected chi connectivity index (χ3v) is 4.41. The molecule has 1 N–H and O–H groups in total. The lowest BCUT2D eigenvalue weighted by Gasteiger charge is -2.00. The first-order valence-electron chi connectivity index (χ1n) is 7.27. The number of aromatic amines is 1. The van der Waals surface area contributed by atoms with E-state index in [0.29, 0.717) is 11.0 Å². The zero-order valence-corrected chi connectivity index (χ0v) is 14.1. The van der Waals surface area contributed by atoms with E-state index in [9.17, 15) is 9.59 Å². The largest absolute Gasteiger partial charge is 0.411 e. The predicted molar refractivity (Wildman–Crippen MR) is 90.4 cm³/mol. The summed E-state index contributed by atoms with van der Waals surface area (Å²) in [7, 11) is 2.97. The van der Waals surface area contributed by atoms with Crippen LogP contribution in [0.1, 0.15) is 0 Å². The molecule has 25 heavy (non-hydrogen) atoms. The Morgan fingerprint density at radius 3 is 2.60 bits per heavy atom. The van der Waals surface area contributed by atoms with Gasteiger partial charge in [0, 0.05) is 31.4 Å². The van der Waals surface area contributed by atoms with Crippen LogP contribution in [0.4, 0.5) is 0 Å². The molecule has 0 fully saturated rings. The van der Waals surface area contributed by atoms with Gasteiger partial charge in [0.15, 0.2) is 16.3 Å². The van der Waals surface area contributed by atoms with Crippen molar-refractivity contribution in [1.82, 2.24) is 29.3 Å². The van der Waals surface area contributed by atoms with E-state index in [2.05, 4.69) is 20.2 Å². The van der Waals surface area contributed by atoms with Crippen molar-refractivity contribution in [3.8, 4) is 11.5 Å². The Morgan fingerprint density at radius 1 is 1.08 bits per heavy atom. The quantitative estimate of drug-likeness (QED) is 0.586.